The Balaban J connectivity index is 0.000000517. The first kappa shape index (κ1) is 30.7. The van der Waals surface area contributed by atoms with Crippen LogP contribution in [0.4, 0.5) is 13.2 Å². The average Bonchev–Trinajstić information content (AvgIpc) is 3.39. The van der Waals surface area contributed by atoms with Crippen LogP contribution in [0.5, 0.6) is 5.75 Å². The average molecular weight is 604 g/mol. The van der Waals surface area contributed by atoms with Crippen molar-refractivity contribution in [1.29, 1.82) is 0 Å². The van der Waals surface area contributed by atoms with Crippen molar-refractivity contribution in [2.45, 2.75) is 19.6 Å². The van der Waals surface area contributed by atoms with Crippen molar-refractivity contribution < 1.29 is 37.4 Å². The quantitative estimate of drug-likeness (QED) is 0.323. The number of piperazine rings is 1. The molecule has 5 rings (SSSR count). The molecular weight excluding hydrogens is 575 g/mol. The van der Waals surface area contributed by atoms with Crippen LogP contribution in [0.1, 0.15) is 27.0 Å². The number of methoxy groups -OCH3 is 1. The first-order chi connectivity index (χ1) is 20.0. The number of carbonyl (C=O) groups excluding carboxylic acids is 2. The van der Waals surface area contributed by atoms with E-state index in [4.69, 9.17) is 14.6 Å². The molecule has 0 saturated carbocycles. The van der Waals surface area contributed by atoms with Gasteiger partial charge in [0.05, 0.1) is 23.9 Å². The highest BCUT2D eigenvalue weighted by molar-refractivity contribution is 7.22. The van der Waals surface area contributed by atoms with Gasteiger partial charge in [-0.3, -0.25) is 19.0 Å². The lowest BCUT2D eigenvalue weighted by Crippen LogP contribution is -2.48. The van der Waals surface area contributed by atoms with Crippen molar-refractivity contribution in [1.82, 2.24) is 14.4 Å². The van der Waals surface area contributed by atoms with Gasteiger partial charge in [-0.1, -0.05) is 55.5 Å². The fraction of sp³-hybridized carbons (Fsp3) is 0.310. The Morgan fingerprint density at radius 2 is 1.57 bits per heavy atom. The molecule has 0 aliphatic carbocycles. The summed E-state index contributed by atoms with van der Waals surface area (Å²) in [6.07, 6.45) is -5.08. The van der Waals surface area contributed by atoms with Crippen LogP contribution < -0.4 is 10.3 Å². The Bertz CT molecular complexity index is 1680. The molecule has 1 aliphatic heterocycles. The Morgan fingerprint density at radius 3 is 2.14 bits per heavy atom. The number of rotatable bonds is 6. The molecule has 1 aliphatic rings. The molecule has 13 heteroatoms. The van der Waals surface area contributed by atoms with Crippen molar-refractivity contribution >= 4 is 50.0 Å². The molecule has 1 saturated heterocycles. The molecule has 222 valence electrons. The number of carboxylic acid groups (broad SMARTS) is 1. The van der Waals surface area contributed by atoms with E-state index in [2.05, 4.69) is 11.8 Å². The number of hydrogen-bond acceptors (Lipinski definition) is 7. The molecule has 1 N–H and O–H groups in total. The largest absolute Gasteiger partial charge is 0.494 e. The molecule has 0 unspecified atom stereocenters. The molecule has 4 aromatic rings. The number of amides is 1. The number of fused-ring (bicyclic) bond motifs is 3. The van der Waals surface area contributed by atoms with E-state index in [9.17, 15) is 27.6 Å². The standard InChI is InChI=1S/C27H27N3O4S.C2HF3O2/c1-3-28-13-15-29(16-14-28)27(33)25-23(34-2)22-24(35-25)19-11-7-8-12-20(19)30(26(22)32)17-21(31)18-9-5-4-6-10-18;3-2(4,5)1(6)7/h4-12H,3,13-17H2,1-2H3;(H,6,7). The molecule has 9 nitrogen and oxygen atoms in total. The molecule has 0 radical (unpaired) electrons. The van der Waals surface area contributed by atoms with Gasteiger partial charge in [0.25, 0.3) is 11.5 Å². The maximum absolute atomic E-state index is 13.8. The summed E-state index contributed by atoms with van der Waals surface area (Å²) in [5.41, 5.74) is 0.877. The van der Waals surface area contributed by atoms with Crippen molar-refractivity contribution in [3.05, 3.63) is 75.4 Å². The third kappa shape index (κ3) is 6.31. The Morgan fingerprint density at radius 1 is 0.976 bits per heavy atom. The maximum Gasteiger partial charge on any atom is 0.490 e. The minimum atomic E-state index is -5.08. The third-order valence-corrected chi connectivity index (χ3v) is 8.10. The summed E-state index contributed by atoms with van der Waals surface area (Å²) in [4.78, 5) is 53.8. The highest BCUT2D eigenvalue weighted by Gasteiger charge is 2.38. The van der Waals surface area contributed by atoms with E-state index in [1.807, 2.05) is 35.2 Å². The summed E-state index contributed by atoms with van der Waals surface area (Å²) in [5, 5.41) is 8.30. The van der Waals surface area contributed by atoms with Crippen LogP contribution in [0.25, 0.3) is 21.0 Å². The Hall–Kier alpha value is -4.23. The number of para-hydroxylation sites is 1. The lowest BCUT2D eigenvalue weighted by molar-refractivity contribution is -0.192. The minimum Gasteiger partial charge on any atom is -0.494 e. The van der Waals surface area contributed by atoms with Gasteiger partial charge in [-0.2, -0.15) is 13.2 Å². The number of hydrogen-bond donors (Lipinski definition) is 1. The van der Waals surface area contributed by atoms with Crippen LogP contribution in [0.3, 0.4) is 0 Å². The topological polar surface area (TPSA) is 109 Å². The summed E-state index contributed by atoms with van der Waals surface area (Å²) < 4.78 is 39.6. The van der Waals surface area contributed by atoms with Crippen molar-refractivity contribution in [3.8, 4) is 5.75 Å². The monoisotopic (exact) mass is 603 g/mol. The Labute approximate surface area is 242 Å². The second kappa shape index (κ2) is 12.7. The molecule has 1 amide bonds. The second-order valence-corrected chi connectivity index (χ2v) is 10.4. The van der Waals surface area contributed by atoms with E-state index in [0.29, 0.717) is 44.9 Å². The van der Waals surface area contributed by atoms with E-state index in [0.717, 1.165) is 25.0 Å². The van der Waals surface area contributed by atoms with Crippen LogP contribution in [0.15, 0.2) is 59.4 Å². The van der Waals surface area contributed by atoms with E-state index >= 15 is 0 Å². The molecule has 3 heterocycles. The van der Waals surface area contributed by atoms with Gasteiger partial charge >= 0.3 is 12.1 Å². The molecule has 0 bridgehead atoms. The van der Waals surface area contributed by atoms with Gasteiger partial charge in [0.15, 0.2) is 11.5 Å². The lowest BCUT2D eigenvalue weighted by atomic mass is 10.1. The van der Waals surface area contributed by atoms with Crippen LogP contribution in [-0.4, -0.2) is 83.1 Å². The normalized spacial score (nSPS) is 14.0. The van der Waals surface area contributed by atoms with Gasteiger partial charge in [-0.15, -0.1) is 11.3 Å². The predicted octanol–water partition coefficient (Wildman–Crippen LogP) is 4.52. The zero-order chi connectivity index (χ0) is 30.6. The summed E-state index contributed by atoms with van der Waals surface area (Å²) >= 11 is 1.30. The molecule has 1 fully saturated rings. The zero-order valence-electron chi connectivity index (χ0n) is 22.8. The molecule has 42 heavy (non-hydrogen) atoms. The number of carboxylic acids is 1. The van der Waals surface area contributed by atoms with Crippen LogP contribution in [0, 0.1) is 0 Å². The molecule has 2 aromatic heterocycles. The maximum atomic E-state index is 13.8. The number of likely N-dealkylation sites (N-methyl/N-ethyl adjacent to an activating group) is 1. The minimum absolute atomic E-state index is 0.0967. The number of ether oxygens (including phenoxy) is 1. The van der Waals surface area contributed by atoms with Crippen LogP contribution in [0.2, 0.25) is 0 Å². The number of aromatic nitrogens is 1. The van der Waals surface area contributed by atoms with Crippen molar-refractivity contribution in [2.24, 2.45) is 0 Å². The van der Waals surface area contributed by atoms with E-state index in [1.165, 1.54) is 23.0 Å². The first-order valence-corrected chi connectivity index (χ1v) is 13.8. The summed E-state index contributed by atoms with van der Waals surface area (Å²) in [5.74, 6) is -2.73. The van der Waals surface area contributed by atoms with Crippen LogP contribution in [-0.2, 0) is 11.3 Å². The SMILES string of the molecule is CCN1CCN(C(=O)c2sc3c(c2OC)c(=O)n(CC(=O)c2ccccc2)c2ccccc32)CC1.O=C(O)C(F)(F)F. The number of benzene rings is 2. The number of ketones is 1. The Kier molecular flexibility index (Phi) is 9.32. The van der Waals surface area contributed by atoms with Gasteiger partial charge in [0.1, 0.15) is 10.3 Å². The zero-order valence-corrected chi connectivity index (χ0v) is 23.6. The van der Waals surface area contributed by atoms with Crippen molar-refractivity contribution in [3.63, 3.8) is 0 Å². The summed E-state index contributed by atoms with van der Waals surface area (Å²) in [6, 6.07) is 16.4. The number of thiophene rings is 1. The van der Waals surface area contributed by atoms with E-state index in [-0.39, 0.29) is 23.8 Å². The number of aliphatic carboxylic acids is 1. The smallest absolute Gasteiger partial charge is 0.490 e. The molecular formula is C29H28F3N3O6S. The fourth-order valence-electron chi connectivity index (χ4n) is 4.71. The number of nitrogens with zero attached hydrogens (tertiary/aromatic N) is 3. The number of pyridine rings is 1. The van der Waals surface area contributed by atoms with Gasteiger partial charge in [-0.05, 0) is 12.6 Å². The number of halogens is 3. The third-order valence-electron chi connectivity index (χ3n) is 6.91. The number of Topliss-reactive ketones (excluding diaryl/α,β-unsaturated/α-hetero) is 1. The highest BCUT2D eigenvalue weighted by Crippen LogP contribution is 2.40. The van der Waals surface area contributed by atoms with Gasteiger partial charge in [0, 0.05) is 37.1 Å². The second-order valence-electron chi connectivity index (χ2n) is 9.40. The molecule has 0 spiro atoms. The van der Waals surface area contributed by atoms with Crippen molar-refractivity contribution in [2.75, 3.05) is 39.8 Å². The molecule has 2 aromatic carbocycles. The molecule has 0 atom stereocenters. The van der Waals surface area contributed by atoms with Gasteiger partial charge in [0.2, 0.25) is 0 Å². The number of alkyl halides is 3. The number of carbonyl (C=O) groups is 3. The predicted molar refractivity (Wildman–Crippen MR) is 153 cm³/mol. The van der Waals surface area contributed by atoms with Gasteiger partial charge in [-0.25, -0.2) is 4.79 Å². The summed E-state index contributed by atoms with van der Waals surface area (Å²) in [6.45, 7) is 5.91. The summed E-state index contributed by atoms with van der Waals surface area (Å²) in [7, 11) is 1.49. The van der Waals surface area contributed by atoms with E-state index < -0.39 is 12.1 Å². The lowest BCUT2D eigenvalue weighted by Gasteiger charge is -2.33. The van der Waals surface area contributed by atoms with E-state index in [1.54, 1.807) is 24.3 Å². The first-order valence-electron chi connectivity index (χ1n) is 13.0. The van der Waals surface area contributed by atoms with Crippen LogP contribution >= 0.6 is 11.3 Å². The fourth-order valence-corrected chi connectivity index (χ4v) is 5.97. The highest BCUT2D eigenvalue weighted by atomic mass is 32.1. The van der Waals surface area contributed by atoms with Gasteiger partial charge < -0.3 is 19.6 Å².